The standard InChI is InChI=1S/C20H20FN3O5S/c1-10(11-6-4-5-7-13(11)21)22-9-14-23-18(26)16-12(8-15(25)28-2)17(20(27)29-3)30-19(16)24-14/h4-7,10,22H,8-9H2,1-3H3,(H,23,24,26). The Morgan fingerprint density at radius 3 is 2.67 bits per heavy atom. The minimum atomic E-state index is -0.663. The number of esters is 2. The predicted octanol–water partition coefficient (Wildman–Crippen LogP) is 2.48. The first kappa shape index (κ1) is 21.6. The lowest BCUT2D eigenvalue weighted by molar-refractivity contribution is -0.139. The molecule has 0 aliphatic carbocycles. The molecule has 0 bridgehead atoms. The van der Waals surface area contributed by atoms with Gasteiger partial charge in [0, 0.05) is 17.2 Å². The van der Waals surface area contributed by atoms with Crippen molar-refractivity contribution in [1.29, 1.82) is 0 Å². The van der Waals surface area contributed by atoms with Gasteiger partial charge in [0.2, 0.25) is 0 Å². The second kappa shape index (κ2) is 9.14. The zero-order chi connectivity index (χ0) is 21.8. The van der Waals surface area contributed by atoms with Crippen molar-refractivity contribution >= 4 is 33.5 Å². The van der Waals surface area contributed by atoms with E-state index in [1.54, 1.807) is 25.1 Å². The fourth-order valence-electron chi connectivity index (χ4n) is 3.02. The summed E-state index contributed by atoms with van der Waals surface area (Å²) in [6.45, 7) is 1.96. The van der Waals surface area contributed by atoms with Gasteiger partial charge in [0.1, 0.15) is 21.3 Å². The average Bonchev–Trinajstić information content (AvgIpc) is 3.10. The summed E-state index contributed by atoms with van der Waals surface area (Å²) in [5, 5.41) is 3.26. The van der Waals surface area contributed by atoms with Crippen molar-refractivity contribution in [2.24, 2.45) is 0 Å². The first-order valence-electron chi connectivity index (χ1n) is 9.03. The second-order valence-electron chi connectivity index (χ2n) is 6.47. The number of hydrogen-bond donors (Lipinski definition) is 2. The summed E-state index contributed by atoms with van der Waals surface area (Å²) < 4.78 is 23.4. The van der Waals surface area contributed by atoms with Crippen LogP contribution < -0.4 is 10.9 Å². The van der Waals surface area contributed by atoms with Crippen molar-refractivity contribution in [3.63, 3.8) is 0 Å². The number of carbonyl (C=O) groups is 2. The fraction of sp³-hybridized carbons (Fsp3) is 0.300. The van der Waals surface area contributed by atoms with E-state index in [0.29, 0.717) is 16.2 Å². The summed E-state index contributed by atoms with van der Waals surface area (Å²) in [6.07, 6.45) is -0.256. The van der Waals surface area contributed by atoms with E-state index in [2.05, 4.69) is 20.0 Å². The van der Waals surface area contributed by atoms with Crippen molar-refractivity contribution in [2.45, 2.75) is 25.9 Å². The molecule has 1 unspecified atom stereocenters. The largest absolute Gasteiger partial charge is 0.469 e. The summed E-state index contributed by atoms with van der Waals surface area (Å²) in [7, 11) is 2.43. The van der Waals surface area contributed by atoms with E-state index in [4.69, 9.17) is 4.74 Å². The van der Waals surface area contributed by atoms with E-state index in [-0.39, 0.29) is 40.7 Å². The summed E-state index contributed by atoms with van der Waals surface area (Å²) >= 11 is 0.969. The smallest absolute Gasteiger partial charge is 0.348 e. The average molecular weight is 433 g/mol. The molecule has 10 heteroatoms. The van der Waals surface area contributed by atoms with E-state index < -0.39 is 17.5 Å². The number of hydrogen-bond acceptors (Lipinski definition) is 8. The van der Waals surface area contributed by atoms with E-state index in [0.717, 1.165) is 11.3 Å². The first-order valence-corrected chi connectivity index (χ1v) is 9.84. The Bertz CT molecular complexity index is 1160. The lowest BCUT2D eigenvalue weighted by atomic mass is 10.1. The molecule has 3 aromatic rings. The number of nitrogens with one attached hydrogen (secondary N) is 2. The van der Waals surface area contributed by atoms with Gasteiger partial charge in [-0.15, -0.1) is 11.3 Å². The van der Waals surface area contributed by atoms with Gasteiger partial charge in [-0.05, 0) is 13.0 Å². The van der Waals surface area contributed by atoms with Crippen LogP contribution in [0.2, 0.25) is 0 Å². The molecular weight excluding hydrogens is 413 g/mol. The molecule has 158 valence electrons. The second-order valence-corrected chi connectivity index (χ2v) is 7.47. The Morgan fingerprint density at radius 1 is 1.27 bits per heavy atom. The van der Waals surface area contributed by atoms with Crippen LogP contribution in [0.4, 0.5) is 4.39 Å². The highest BCUT2D eigenvalue weighted by Crippen LogP contribution is 2.29. The topological polar surface area (TPSA) is 110 Å². The minimum Gasteiger partial charge on any atom is -0.469 e. The highest BCUT2D eigenvalue weighted by Gasteiger charge is 2.24. The molecule has 2 heterocycles. The maximum Gasteiger partial charge on any atom is 0.348 e. The molecule has 0 fully saturated rings. The maximum absolute atomic E-state index is 13.9. The fourth-order valence-corrected chi connectivity index (χ4v) is 4.15. The zero-order valence-electron chi connectivity index (χ0n) is 16.6. The van der Waals surface area contributed by atoms with E-state index >= 15 is 0 Å². The Labute approximate surface area is 175 Å². The van der Waals surface area contributed by atoms with Crippen LogP contribution >= 0.6 is 11.3 Å². The third-order valence-corrected chi connectivity index (χ3v) is 5.68. The predicted molar refractivity (Wildman–Crippen MR) is 109 cm³/mol. The third-order valence-electron chi connectivity index (χ3n) is 4.58. The van der Waals surface area contributed by atoms with Crippen molar-refractivity contribution in [2.75, 3.05) is 14.2 Å². The molecule has 1 atom stereocenters. The van der Waals surface area contributed by atoms with Crippen LogP contribution in [-0.2, 0) is 27.2 Å². The normalized spacial score (nSPS) is 12.0. The molecule has 0 radical (unpaired) electrons. The van der Waals surface area contributed by atoms with Crippen molar-refractivity contribution in [1.82, 2.24) is 15.3 Å². The summed E-state index contributed by atoms with van der Waals surface area (Å²) in [6, 6.07) is 6.08. The van der Waals surface area contributed by atoms with Crippen molar-refractivity contribution in [3.05, 3.63) is 62.3 Å². The zero-order valence-corrected chi connectivity index (χ0v) is 17.4. The van der Waals surface area contributed by atoms with Crippen LogP contribution in [0.3, 0.4) is 0 Å². The highest BCUT2D eigenvalue weighted by atomic mass is 32.1. The third kappa shape index (κ3) is 4.39. The molecule has 1 aromatic carbocycles. The van der Waals surface area contributed by atoms with Gasteiger partial charge in [0.05, 0.1) is 32.6 Å². The Hall–Kier alpha value is -3.11. The molecule has 8 nitrogen and oxygen atoms in total. The SMILES string of the molecule is COC(=O)Cc1c(C(=O)OC)sc2nc(CNC(C)c3ccccc3F)[nH]c(=O)c12. The molecule has 3 rings (SSSR count). The van der Waals surface area contributed by atoms with Gasteiger partial charge >= 0.3 is 11.9 Å². The van der Waals surface area contributed by atoms with Crippen LogP contribution in [0.25, 0.3) is 10.2 Å². The summed E-state index contributed by atoms with van der Waals surface area (Å²) in [5.74, 6) is -1.27. The number of H-pyrrole nitrogens is 1. The van der Waals surface area contributed by atoms with Crippen LogP contribution in [0.5, 0.6) is 0 Å². The van der Waals surface area contributed by atoms with Crippen LogP contribution in [-0.4, -0.2) is 36.1 Å². The lowest BCUT2D eigenvalue weighted by Crippen LogP contribution is -2.23. The van der Waals surface area contributed by atoms with Crippen LogP contribution in [0, 0.1) is 5.82 Å². The molecule has 0 spiro atoms. The molecule has 30 heavy (non-hydrogen) atoms. The highest BCUT2D eigenvalue weighted by molar-refractivity contribution is 7.20. The monoisotopic (exact) mass is 433 g/mol. The molecule has 0 saturated heterocycles. The lowest BCUT2D eigenvalue weighted by Gasteiger charge is -2.14. The first-order chi connectivity index (χ1) is 14.3. The quantitative estimate of drug-likeness (QED) is 0.551. The Kier molecular flexibility index (Phi) is 6.58. The van der Waals surface area contributed by atoms with Gasteiger partial charge in [-0.1, -0.05) is 18.2 Å². The molecular formula is C20H20FN3O5S. The van der Waals surface area contributed by atoms with E-state index in [9.17, 15) is 18.8 Å². The van der Waals surface area contributed by atoms with Gasteiger partial charge in [-0.2, -0.15) is 0 Å². The number of fused-ring (bicyclic) bond motifs is 1. The van der Waals surface area contributed by atoms with Gasteiger partial charge in [-0.25, -0.2) is 14.2 Å². The number of halogens is 1. The van der Waals surface area contributed by atoms with E-state index in [1.165, 1.54) is 20.3 Å². The van der Waals surface area contributed by atoms with Gasteiger partial charge in [0.15, 0.2) is 0 Å². The Balaban J connectivity index is 1.93. The number of aromatic amines is 1. The maximum atomic E-state index is 13.9. The number of benzene rings is 1. The molecule has 2 aromatic heterocycles. The summed E-state index contributed by atoms with van der Waals surface area (Å²) in [5.41, 5.74) is 0.229. The van der Waals surface area contributed by atoms with Crippen LogP contribution in [0.15, 0.2) is 29.1 Å². The molecule has 0 saturated carbocycles. The number of thiophene rings is 1. The molecule has 0 amide bonds. The van der Waals surface area contributed by atoms with Crippen molar-refractivity contribution < 1.29 is 23.5 Å². The minimum absolute atomic E-state index is 0.126. The molecule has 2 N–H and O–H groups in total. The summed E-state index contributed by atoms with van der Waals surface area (Å²) in [4.78, 5) is 44.1. The number of nitrogens with zero attached hydrogens (tertiary/aromatic N) is 1. The number of carbonyl (C=O) groups excluding carboxylic acids is 2. The molecule has 0 aliphatic rings. The number of rotatable bonds is 7. The van der Waals surface area contributed by atoms with Crippen molar-refractivity contribution in [3.8, 4) is 0 Å². The molecule has 0 aliphatic heterocycles. The van der Waals surface area contributed by atoms with Gasteiger partial charge < -0.3 is 19.8 Å². The van der Waals surface area contributed by atoms with Gasteiger partial charge in [0.25, 0.3) is 5.56 Å². The number of methoxy groups -OCH3 is 2. The van der Waals surface area contributed by atoms with E-state index in [1.807, 2.05) is 0 Å². The van der Waals surface area contributed by atoms with Gasteiger partial charge in [-0.3, -0.25) is 9.59 Å². The van der Waals surface area contributed by atoms with Crippen LogP contribution in [0.1, 0.15) is 39.6 Å². The number of ether oxygens (including phenoxy) is 2. The number of aromatic nitrogens is 2. The Morgan fingerprint density at radius 2 is 2.00 bits per heavy atom.